The molecule has 2 amide bonds. The average Bonchev–Trinajstić information content (AvgIpc) is 2.42. The van der Waals surface area contributed by atoms with Gasteiger partial charge in [-0.25, -0.2) is 4.39 Å². The highest BCUT2D eigenvalue weighted by Crippen LogP contribution is 2.06. The first-order chi connectivity index (χ1) is 9.54. The highest BCUT2D eigenvalue weighted by atomic mass is 19.1. The first-order valence-electron chi connectivity index (χ1n) is 6.31. The fourth-order valence-electron chi connectivity index (χ4n) is 1.63. The zero-order chi connectivity index (χ0) is 15.0. The third kappa shape index (κ3) is 5.36. The van der Waals surface area contributed by atoms with Gasteiger partial charge in [-0.3, -0.25) is 9.59 Å². The van der Waals surface area contributed by atoms with Gasteiger partial charge >= 0.3 is 0 Å². The van der Waals surface area contributed by atoms with E-state index in [9.17, 15) is 14.0 Å². The summed E-state index contributed by atoms with van der Waals surface area (Å²) < 4.78 is 17.9. The molecule has 0 heterocycles. The van der Waals surface area contributed by atoms with Crippen molar-refractivity contribution in [3.05, 3.63) is 35.6 Å². The maximum Gasteiger partial charge on any atom is 0.254 e. The van der Waals surface area contributed by atoms with Crippen molar-refractivity contribution < 1.29 is 18.7 Å². The molecule has 0 aromatic heterocycles. The highest BCUT2D eigenvalue weighted by molar-refractivity contribution is 5.96. The van der Waals surface area contributed by atoms with Gasteiger partial charge < -0.3 is 15.0 Å². The van der Waals surface area contributed by atoms with Gasteiger partial charge in [-0.05, 0) is 24.6 Å². The number of nitrogens with one attached hydrogen (secondary N) is 1. The van der Waals surface area contributed by atoms with Gasteiger partial charge in [-0.2, -0.15) is 0 Å². The number of amides is 2. The standard InChI is InChI=1S/C14H19FN2O3/c1-17(10-13(18)16-7-4-8-20-2)14(19)11-5-3-6-12(15)9-11/h3,5-6,9H,4,7-8,10H2,1-2H3,(H,16,18). The minimum atomic E-state index is -0.478. The second-order valence-electron chi connectivity index (χ2n) is 4.37. The van der Waals surface area contributed by atoms with Crippen LogP contribution in [-0.4, -0.2) is 50.6 Å². The maximum absolute atomic E-state index is 13.0. The Morgan fingerprint density at radius 1 is 1.40 bits per heavy atom. The predicted molar refractivity (Wildman–Crippen MR) is 72.9 cm³/mol. The molecule has 0 fully saturated rings. The molecule has 0 aliphatic rings. The van der Waals surface area contributed by atoms with Crippen LogP contribution in [-0.2, 0) is 9.53 Å². The molecule has 0 bridgehead atoms. The van der Waals surface area contributed by atoms with Crippen molar-refractivity contribution in [2.45, 2.75) is 6.42 Å². The lowest BCUT2D eigenvalue weighted by Gasteiger charge is -2.16. The number of rotatable bonds is 7. The topological polar surface area (TPSA) is 58.6 Å². The molecule has 110 valence electrons. The molecule has 6 heteroatoms. The van der Waals surface area contributed by atoms with Crippen molar-refractivity contribution in [1.29, 1.82) is 0 Å². The fourth-order valence-corrected chi connectivity index (χ4v) is 1.63. The van der Waals surface area contributed by atoms with Gasteiger partial charge in [0, 0.05) is 32.9 Å². The van der Waals surface area contributed by atoms with Crippen LogP contribution in [0.15, 0.2) is 24.3 Å². The number of halogens is 1. The molecule has 0 radical (unpaired) electrons. The number of hydrogen-bond acceptors (Lipinski definition) is 3. The van der Waals surface area contributed by atoms with Gasteiger partial charge in [-0.15, -0.1) is 0 Å². The highest BCUT2D eigenvalue weighted by Gasteiger charge is 2.15. The van der Waals surface area contributed by atoms with Crippen molar-refractivity contribution in [2.75, 3.05) is 33.9 Å². The second-order valence-corrected chi connectivity index (χ2v) is 4.37. The molecule has 1 aromatic carbocycles. The largest absolute Gasteiger partial charge is 0.385 e. The number of methoxy groups -OCH3 is 1. The summed E-state index contributed by atoms with van der Waals surface area (Å²) in [6.07, 6.45) is 0.712. The van der Waals surface area contributed by atoms with Crippen LogP contribution in [0, 0.1) is 5.82 Å². The van der Waals surface area contributed by atoms with Crippen molar-refractivity contribution in [3.63, 3.8) is 0 Å². The first kappa shape index (κ1) is 16.1. The van der Waals surface area contributed by atoms with Crippen LogP contribution in [0.4, 0.5) is 4.39 Å². The van der Waals surface area contributed by atoms with E-state index in [2.05, 4.69) is 5.32 Å². The summed E-state index contributed by atoms with van der Waals surface area (Å²) in [5.41, 5.74) is 0.222. The van der Waals surface area contributed by atoms with E-state index >= 15 is 0 Å². The molecule has 0 saturated heterocycles. The maximum atomic E-state index is 13.0. The number of benzene rings is 1. The van der Waals surface area contributed by atoms with Crippen LogP contribution < -0.4 is 5.32 Å². The fraction of sp³-hybridized carbons (Fsp3) is 0.429. The molecule has 0 atom stereocenters. The Hall–Kier alpha value is -1.95. The van der Waals surface area contributed by atoms with Crippen LogP contribution in [0.1, 0.15) is 16.8 Å². The van der Waals surface area contributed by atoms with E-state index in [1.807, 2.05) is 0 Å². The summed E-state index contributed by atoms with van der Waals surface area (Å²) in [5.74, 6) is -1.13. The van der Waals surface area contributed by atoms with Gasteiger partial charge in [0.2, 0.25) is 5.91 Å². The summed E-state index contributed by atoms with van der Waals surface area (Å²) in [4.78, 5) is 24.8. The Labute approximate surface area is 117 Å². The van der Waals surface area contributed by atoms with Crippen LogP contribution in [0.25, 0.3) is 0 Å². The first-order valence-corrected chi connectivity index (χ1v) is 6.31. The van der Waals surface area contributed by atoms with Crippen LogP contribution in [0.2, 0.25) is 0 Å². The summed E-state index contributed by atoms with van der Waals surface area (Å²) in [5, 5.41) is 2.68. The molecule has 20 heavy (non-hydrogen) atoms. The van der Waals surface area contributed by atoms with Crippen LogP contribution in [0.5, 0.6) is 0 Å². The summed E-state index contributed by atoms with van der Waals surface area (Å²) in [6, 6.07) is 5.38. The minimum absolute atomic E-state index is 0.0671. The molecule has 0 spiro atoms. The van der Waals surface area contributed by atoms with Gasteiger partial charge in [-0.1, -0.05) is 6.07 Å². The number of hydrogen-bond donors (Lipinski definition) is 1. The molecule has 0 unspecified atom stereocenters. The Balaban J connectivity index is 2.43. The smallest absolute Gasteiger partial charge is 0.254 e. The van der Waals surface area contributed by atoms with Crippen LogP contribution in [0.3, 0.4) is 0 Å². The lowest BCUT2D eigenvalue weighted by Crippen LogP contribution is -2.38. The van der Waals surface area contributed by atoms with Gasteiger partial charge in [0.05, 0.1) is 6.54 Å². The number of nitrogens with zero attached hydrogens (tertiary/aromatic N) is 1. The summed E-state index contributed by atoms with van der Waals surface area (Å²) in [7, 11) is 3.09. The lowest BCUT2D eigenvalue weighted by atomic mass is 10.2. The van der Waals surface area contributed by atoms with Crippen molar-refractivity contribution in [1.82, 2.24) is 10.2 Å². The quantitative estimate of drug-likeness (QED) is 0.761. The molecule has 0 aliphatic carbocycles. The molecule has 1 rings (SSSR count). The van der Waals surface area contributed by atoms with E-state index in [0.717, 1.165) is 6.07 Å². The SMILES string of the molecule is COCCCNC(=O)CN(C)C(=O)c1cccc(F)c1. The van der Waals surface area contributed by atoms with Crippen molar-refractivity contribution >= 4 is 11.8 Å². The molecule has 1 aromatic rings. The monoisotopic (exact) mass is 282 g/mol. The number of ether oxygens (including phenoxy) is 1. The third-order valence-corrected chi connectivity index (χ3v) is 2.65. The molecule has 0 saturated carbocycles. The van der Waals surface area contributed by atoms with Gasteiger partial charge in [0.1, 0.15) is 5.82 Å². The number of carbonyl (C=O) groups is 2. The second kappa shape index (κ2) is 8.27. The molecular formula is C14H19FN2O3. The Kier molecular flexibility index (Phi) is 6.66. The van der Waals surface area contributed by atoms with E-state index in [-0.39, 0.29) is 18.0 Å². The van der Waals surface area contributed by atoms with E-state index < -0.39 is 11.7 Å². The zero-order valence-corrected chi connectivity index (χ0v) is 11.7. The van der Waals surface area contributed by atoms with E-state index in [4.69, 9.17) is 4.74 Å². The van der Waals surface area contributed by atoms with Crippen molar-refractivity contribution in [3.8, 4) is 0 Å². The van der Waals surface area contributed by atoms with Gasteiger partial charge in [0.15, 0.2) is 0 Å². The van der Waals surface area contributed by atoms with Gasteiger partial charge in [0.25, 0.3) is 5.91 Å². The predicted octanol–water partition coefficient (Wildman–Crippen LogP) is 1.05. The molecule has 0 aliphatic heterocycles. The van der Waals surface area contributed by atoms with E-state index in [1.165, 1.54) is 30.1 Å². The van der Waals surface area contributed by atoms with E-state index in [1.54, 1.807) is 7.11 Å². The number of likely N-dealkylation sites (N-methyl/N-ethyl adjacent to an activating group) is 1. The summed E-state index contributed by atoms with van der Waals surface area (Å²) >= 11 is 0. The lowest BCUT2D eigenvalue weighted by molar-refractivity contribution is -0.121. The normalized spacial score (nSPS) is 10.2. The Morgan fingerprint density at radius 2 is 2.15 bits per heavy atom. The summed E-state index contributed by atoms with van der Waals surface area (Å²) in [6.45, 7) is 0.995. The molecular weight excluding hydrogens is 263 g/mol. The van der Waals surface area contributed by atoms with E-state index in [0.29, 0.717) is 19.6 Å². The number of carbonyl (C=O) groups excluding carboxylic acids is 2. The Bertz CT molecular complexity index is 465. The third-order valence-electron chi connectivity index (χ3n) is 2.65. The van der Waals surface area contributed by atoms with Crippen molar-refractivity contribution in [2.24, 2.45) is 0 Å². The van der Waals surface area contributed by atoms with Crippen LogP contribution >= 0.6 is 0 Å². The molecule has 5 nitrogen and oxygen atoms in total. The zero-order valence-electron chi connectivity index (χ0n) is 11.7. The minimum Gasteiger partial charge on any atom is -0.385 e. The Morgan fingerprint density at radius 3 is 2.80 bits per heavy atom. The molecule has 1 N–H and O–H groups in total. The average molecular weight is 282 g/mol.